The molecule has 0 radical (unpaired) electrons. The molecule has 0 bridgehead atoms. The summed E-state index contributed by atoms with van der Waals surface area (Å²) in [6.45, 7) is 6.64. The maximum atomic E-state index is 13.5. The molecule has 4 rings (SSSR count). The Labute approximate surface area is 186 Å². The van der Waals surface area contributed by atoms with Crippen LogP contribution in [0.5, 0.6) is 0 Å². The van der Waals surface area contributed by atoms with Crippen LogP contribution in [0.3, 0.4) is 0 Å². The molecule has 2 nitrogen and oxygen atoms in total. The highest BCUT2D eigenvalue weighted by molar-refractivity contribution is 5.11. The Morgan fingerprint density at radius 1 is 0.903 bits per heavy atom. The van der Waals surface area contributed by atoms with Crippen LogP contribution in [-0.2, 0) is 0 Å². The van der Waals surface area contributed by atoms with Gasteiger partial charge in [-0.2, -0.15) is 13.2 Å². The molecule has 8 unspecified atom stereocenters. The van der Waals surface area contributed by atoms with Gasteiger partial charge < -0.3 is 10.2 Å². The van der Waals surface area contributed by atoms with Crippen LogP contribution in [-0.4, -0.2) is 28.1 Å². The van der Waals surface area contributed by atoms with E-state index in [0.29, 0.717) is 29.6 Å². The minimum absolute atomic E-state index is 0.00356. The third-order valence-electron chi connectivity index (χ3n) is 10.9. The standard InChI is InChI=1S/C26H43F3O2/c1-17(30)6-4-5-7-18-9-11-21-20-10-8-19-16-25(31,26(27,28)29)15-14-24(19,3)22(20)12-13-23(18,21)2/h17-22,30-31H,4-16H2,1-3H3/t17?,18?,19?,20?,21?,22?,23?,24?,25-/m0/s1. The molecule has 0 amide bonds. The summed E-state index contributed by atoms with van der Waals surface area (Å²) in [7, 11) is 0. The largest absolute Gasteiger partial charge is 0.417 e. The molecule has 4 fully saturated rings. The lowest BCUT2D eigenvalue weighted by atomic mass is 9.43. The summed E-state index contributed by atoms with van der Waals surface area (Å²) in [4.78, 5) is 0. The summed E-state index contributed by atoms with van der Waals surface area (Å²) in [5.41, 5.74) is -2.13. The highest BCUT2D eigenvalue weighted by atomic mass is 19.4. The molecule has 0 aromatic rings. The molecule has 4 saturated carbocycles. The number of fused-ring (bicyclic) bond motifs is 5. The van der Waals surface area contributed by atoms with E-state index in [2.05, 4.69) is 13.8 Å². The Balaban J connectivity index is 1.44. The predicted octanol–water partition coefficient (Wildman–Crippen LogP) is 6.88. The molecule has 0 saturated heterocycles. The van der Waals surface area contributed by atoms with Gasteiger partial charge in [-0.05, 0) is 118 Å². The zero-order valence-electron chi connectivity index (χ0n) is 19.7. The lowest BCUT2D eigenvalue weighted by Gasteiger charge is -2.62. The van der Waals surface area contributed by atoms with E-state index in [4.69, 9.17) is 0 Å². The topological polar surface area (TPSA) is 40.5 Å². The zero-order chi connectivity index (χ0) is 22.7. The second-order valence-corrected chi connectivity index (χ2v) is 12.3. The van der Waals surface area contributed by atoms with Crippen molar-refractivity contribution in [3.63, 3.8) is 0 Å². The first-order valence-electron chi connectivity index (χ1n) is 12.9. The van der Waals surface area contributed by atoms with Crippen LogP contribution < -0.4 is 0 Å². The van der Waals surface area contributed by atoms with Crippen molar-refractivity contribution in [2.45, 2.75) is 122 Å². The SMILES string of the molecule is CC(O)CCCCC1CCC2C3CCC4C[C@](O)(C(F)(F)F)CCC4(C)C3CCC12C. The average Bonchev–Trinajstić information content (AvgIpc) is 3.01. The molecule has 0 heterocycles. The van der Waals surface area contributed by atoms with Crippen LogP contribution in [0.1, 0.15) is 104 Å². The van der Waals surface area contributed by atoms with Gasteiger partial charge in [0, 0.05) is 0 Å². The van der Waals surface area contributed by atoms with E-state index in [9.17, 15) is 23.4 Å². The summed E-state index contributed by atoms with van der Waals surface area (Å²) in [5, 5.41) is 19.9. The first-order chi connectivity index (χ1) is 14.4. The Kier molecular flexibility index (Phi) is 6.30. The average molecular weight is 445 g/mol. The van der Waals surface area contributed by atoms with Crippen LogP contribution in [0.2, 0.25) is 0 Å². The van der Waals surface area contributed by atoms with Crippen LogP contribution in [0, 0.1) is 40.4 Å². The predicted molar refractivity (Wildman–Crippen MR) is 116 cm³/mol. The molecule has 0 spiro atoms. The lowest BCUT2D eigenvalue weighted by Crippen LogP contribution is -2.59. The van der Waals surface area contributed by atoms with Crippen LogP contribution in [0.4, 0.5) is 13.2 Å². The first-order valence-corrected chi connectivity index (χ1v) is 12.9. The van der Waals surface area contributed by atoms with Gasteiger partial charge in [-0.1, -0.05) is 26.7 Å². The van der Waals surface area contributed by atoms with Crippen molar-refractivity contribution in [1.29, 1.82) is 0 Å². The first kappa shape index (κ1) is 23.9. The van der Waals surface area contributed by atoms with E-state index in [0.717, 1.165) is 38.0 Å². The molecule has 9 atom stereocenters. The van der Waals surface area contributed by atoms with Gasteiger partial charge in [-0.15, -0.1) is 0 Å². The van der Waals surface area contributed by atoms with Crippen molar-refractivity contribution in [3.8, 4) is 0 Å². The van der Waals surface area contributed by atoms with Gasteiger partial charge in [0.2, 0.25) is 0 Å². The molecule has 0 aromatic carbocycles. The van der Waals surface area contributed by atoms with Crippen LogP contribution in [0.15, 0.2) is 0 Å². The fraction of sp³-hybridized carbons (Fsp3) is 1.00. The third kappa shape index (κ3) is 3.98. The van der Waals surface area contributed by atoms with E-state index < -0.39 is 11.8 Å². The molecule has 4 aliphatic carbocycles. The third-order valence-corrected chi connectivity index (χ3v) is 10.9. The molecular formula is C26H43F3O2. The minimum atomic E-state index is -4.51. The quantitative estimate of drug-likeness (QED) is 0.454. The van der Waals surface area contributed by atoms with Gasteiger partial charge >= 0.3 is 6.18 Å². The minimum Gasteiger partial charge on any atom is -0.393 e. The van der Waals surface area contributed by atoms with Crippen molar-refractivity contribution in [2.24, 2.45) is 40.4 Å². The van der Waals surface area contributed by atoms with E-state index >= 15 is 0 Å². The van der Waals surface area contributed by atoms with Crippen molar-refractivity contribution in [3.05, 3.63) is 0 Å². The molecule has 2 N–H and O–H groups in total. The maximum absolute atomic E-state index is 13.5. The molecule has 4 aliphatic rings. The Bertz CT molecular complexity index is 649. The summed E-state index contributed by atoms with van der Waals surface area (Å²) in [6, 6.07) is 0. The van der Waals surface area contributed by atoms with Gasteiger partial charge in [0.1, 0.15) is 0 Å². The number of rotatable bonds is 5. The molecule has 5 heteroatoms. The highest BCUT2D eigenvalue weighted by Gasteiger charge is 2.64. The highest BCUT2D eigenvalue weighted by Crippen LogP contribution is 2.69. The van der Waals surface area contributed by atoms with Gasteiger partial charge in [-0.3, -0.25) is 0 Å². The monoisotopic (exact) mass is 444 g/mol. The Hall–Kier alpha value is -0.290. The van der Waals surface area contributed by atoms with Crippen LogP contribution in [0.25, 0.3) is 0 Å². The number of alkyl halides is 3. The van der Waals surface area contributed by atoms with E-state index in [-0.39, 0.29) is 30.3 Å². The number of hydrogen-bond acceptors (Lipinski definition) is 2. The number of halogens is 3. The summed E-state index contributed by atoms with van der Waals surface area (Å²) < 4.78 is 40.6. The molecular weight excluding hydrogens is 401 g/mol. The molecule has 180 valence electrons. The summed E-state index contributed by atoms with van der Waals surface area (Å²) in [6.07, 6.45) is 6.87. The smallest absolute Gasteiger partial charge is 0.393 e. The van der Waals surface area contributed by atoms with Gasteiger partial charge in [0.25, 0.3) is 0 Å². The fourth-order valence-corrected chi connectivity index (χ4v) is 8.92. The van der Waals surface area contributed by atoms with Gasteiger partial charge in [0.05, 0.1) is 6.10 Å². The number of unbranched alkanes of at least 4 members (excludes halogenated alkanes) is 1. The summed E-state index contributed by atoms with van der Waals surface area (Å²) in [5.74, 6) is 2.65. The van der Waals surface area contributed by atoms with Gasteiger partial charge in [-0.25, -0.2) is 0 Å². The maximum Gasteiger partial charge on any atom is 0.417 e. The van der Waals surface area contributed by atoms with Crippen molar-refractivity contribution in [2.75, 3.05) is 0 Å². The van der Waals surface area contributed by atoms with Crippen molar-refractivity contribution in [1.82, 2.24) is 0 Å². The Morgan fingerprint density at radius 3 is 2.29 bits per heavy atom. The van der Waals surface area contributed by atoms with Gasteiger partial charge in [0.15, 0.2) is 5.60 Å². The molecule has 0 aliphatic heterocycles. The number of hydrogen-bond donors (Lipinski definition) is 2. The number of aliphatic hydroxyl groups excluding tert-OH is 1. The number of aliphatic hydroxyl groups is 2. The second-order valence-electron chi connectivity index (χ2n) is 12.3. The second kappa shape index (κ2) is 8.18. The Morgan fingerprint density at radius 2 is 1.61 bits per heavy atom. The summed E-state index contributed by atoms with van der Waals surface area (Å²) >= 11 is 0. The zero-order valence-corrected chi connectivity index (χ0v) is 19.7. The van der Waals surface area contributed by atoms with E-state index in [1.165, 1.54) is 32.1 Å². The van der Waals surface area contributed by atoms with E-state index in [1.54, 1.807) is 0 Å². The van der Waals surface area contributed by atoms with Crippen LogP contribution >= 0.6 is 0 Å². The molecule has 0 aromatic heterocycles. The normalized spacial score (nSPS) is 48.6. The molecule has 31 heavy (non-hydrogen) atoms. The fourth-order valence-electron chi connectivity index (χ4n) is 8.92. The van der Waals surface area contributed by atoms with Crippen molar-refractivity contribution < 1.29 is 23.4 Å². The lowest BCUT2D eigenvalue weighted by molar-refractivity contribution is -0.290. The van der Waals surface area contributed by atoms with E-state index in [1.807, 2.05) is 6.92 Å². The van der Waals surface area contributed by atoms with Crippen molar-refractivity contribution >= 4 is 0 Å².